The molecule has 18 heavy (non-hydrogen) atoms. The zero-order valence-electron chi connectivity index (χ0n) is 10.1. The minimum Gasteiger partial charge on any atom is -0.494 e. The number of nitro groups is 1. The summed E-state index contributed by atoms with van der Waals surface area (Å²) in [6.07, 6.45) is 0.722. The summed E-state index contributed by atoms with van der Waals surface area (Å²) in [6.45, 7) is 1.95. The maximum absolute atomic E-state index is 10.8. The maximum Gasteiger partial charge on any atom is 0.273 e. The lowest BCUT2D eigenvalue weighted by Gasteiger charge is -2.08. The second-order valence-electron chi connectivity index (χ2n) is 3.86. The molecule has 0 fully saturated rings. The number of fused-ring (bicyclic) bond motifs is 1. The Kier molecular flexibility index (Phi) is 3.01. The van der Waals surface area contributed by atoms with Gasteiger partial charge in [-0.25, -0.2) is 4.98 Å². The van der Waals surface area contributed by atoms with Crippen molar-refractivity contribution in [1.82, 2.24) is 4.98 Å². The summed E-state index contributed by atoms with van der Waals surface area (Å²) < 4.78 is 5.12. The minimum atomic E-state index is -0.454. The zero-order chi connectivity index (χ0) is 13.3. The number of ether oxygens (including phenoxy) is 1. The fourth-order valence-corrected chi connectivity index (χ4v) is 1.84. The number of pyridine rings is 1. The lowest BCUT2D eigenvalue weighted by molar-refractivity contribution is -0.384. The van der Waals surface area contributed by atoms with E-state index < -0.39 is 4.92 Å². The Morgan fingerprint density at radius 3 is 2.72 bits per heavy atom. The molecule has 1 aromatic carbocycles. The molecule has 0 aliphatic rings. The van der Waals surface area contributed by atoms with Crippen molar-refractivity contribution < 1.29 is 9.66 Å². The van der Waals surface area contributed by atoms with Crippen molar-refractivity contribution in [3.63, 3.8) is 0 Å². The van der Waals surface area contributed by atoms with E-state index in [0.717, 1.165) is 12.0 Å². The largest absolute Gasteiger partial charge is 0.494 e. The molecule has 0 saturated carbocycles. The highest BCUT2D eigenvalue weighted by molar-refractivity contribution is 5.89. The molecular weight excluding hydrogens is 234 g/mol. The highest BCUT2D eigenvalue weighted by Gasteiger charge is 2.14. The first-order valence-corrected chi connectivity index (χ1v) is 5.48. The molecule has 0 radical (unpaired) electrons. The van der Waals surface area contributed by atoms with Gasteiger partial charge in [-0.15, -0.1) is 0 Å². The van der Waals surface area contributed by atoms with Crippen molar-refractivity contribution in [2.75, 3.05) is 12.8 Å². The number of hydrogen-bond acceptors (Lipinski definition) is 5. The van der Waals surface area contributed by atoms with Crippen molar-refractivity contribution in [3.05, 3.63) is 33.9 Å². The molecule has 0 atom stereocenters. The van der Waals surface area contributed by atoms with Crippen LogP contribution in [0, 0.1) is 10.1 Å². The Bertz CT molecular complexity index is 625. The van der Waals surface area contributed by atoms with Crippen molar-refractivity contribution in [1.29, 1.82) is 0 Å². The van der Waals surface area contributed by atoms with Crippen LogP contribution in [0.2, 0.25) is 0 Å². The normalized spacial score (nSPS) is 10.6. The second-order valence-corrected chi connectivity index (χ2v) is 3.86. The van der Waals surface area contributed by atoms with E-state index in [1.807, 2.05) is 13.0 Å². The molecule has 2 aromatic rings. The molecule has 2 rings (SSSR count). The quantitative estimate of drug-likeness (QED) is 0.663. The summed E-state index contributed by atoms with van der Waals surface area (Å²) in [4.78, 5) is 14.6. The van der Waals surface area contributed by atoms with E-state index in [4.69, 9.17) is 10.5 Å². The van der Waals surface area contributed by atoms with Crippen LogP contribution in [0.3, 0.4) is 0 Å². The summed E-state index contributed by atoms with van der Waals surface area (Å²) >= 11 is 0. The van der Waals surface area contributed by atoms with Gasteiger partial charge in [-0.2, -0.15) is 0 Å². The van der Waals surface area contributed by atoms with E-state index >= 15 is 0 Å². The first kappa shape index (κ1) is 12.1. The minimum absolute atomic E-state index is 0.0204. The second kappa shape index (κ2) is 4.48. The zero-order valence-corrected chi connectivity index (χ0v) is 10.1. The molecule has 94 valence electrons. The third-order valence-corrected chi connectivity index (χ3v) is 2.79. The van der Waals surface area contributed by atoms with Gasteiger partial charge in [0.1, 0.15) is 11.3 Å². The lowest BCUT2D eigenvalue weighted by Crippen LogP contribution is -1.99. The summed E-state index contributed by atoms with van der Waals surface area (Å²) in [5.41, 5.74) is 7.20. The Balaban J connectivity index is 2.79. The number of aromatic nitrogens is 1. The van der Waals surface area contributed by atoms with Crippen LogP contribution in [0.4, 0.5) is 11.5 Å². The number of nitro benzene ring substituents is 1. The average Bonchev–Trinajstić information content (AvgIpc) is 2.36. The number of methoxy groups -OCH3 is 1. The highest BCUT2D eigenvalue weighted by Crippen LogP contribution is 2.31. The molecule has 0 aliphatic carbocycles. The lowest BCUT2D eigenvalue weighted by atomic mass is 10.1. The molecule has 0 bridgehead atoms. The van der Waals surface area contributed by atoms with E-state index in [9.17, 15) is 10.1 Å². The van der Waals surface area contributed by atoms with Gasteiger partial charge in [0.15, 0.2) is 5.75 Å². The molecular formula is C12H13N3O3. The standard InChI is InChI=1S/C12H13N3O3/c1-3-7-4-8-5-9(15(16)17)6-10(18-2)11(8)14-12(7)13/h4-6H,3H2,1-2H3,(H2,13,14). The summed E-state index contributed by atoms with van der Waals surface area (Å²) in [6, 6.07) is 4.64. The van der Waals surface area contributed by atoms with Crippen molar-refractivity contribution in [2.45, 2.75) is 13.3 Å². The summed E-state index contributed by atoms with van der Waals surface area (Å²) in [7, 11) is 1.45. The van der Waals surface area contributed by atoms with Crippen LogP contribution in [-0.2, 0) is 6.42 Å². The Morgan fingerprint density at radius 1 is 1.44 bits per heavy atom. The van der Waals surface area contributed by atoms with Gasteiger partial charge < -0.3 is 10.5 Å². The Labute approximate surface area is 104 Å². The van der Waals surface area contributed by atoms with Gasteiger partial charge in [0, 0.05) is 11.5 Å². The Hall–Kier alpha value is -2.37. The molecule has 2 N–H and O–H groups in total. The molecule has 1 heterocycles. The fourth-order valence-electron chi connectivity index (χ4n) is 1.84. The first-order chi connectivity index (χ1) is 8.56. The van der Waals surface area contributed by atoms with Crippen molar-refractivity contribution in [2.24, 2.45) is 0 Å². The predicted octanol–water partition coefficient (Wildman–Crippen LogP) is 2.30. The smallest absolute Gasteiger partial charge is 0.273 e. The van der Waals surface area contributed by atoms with Crippen molar-refractivity contribution >= 4 is 22.4 Å². The van der Waals surface area contributed by atoms with Crippen LogP contribution in [0.5, 0.6) is 5.75 Å². The van der Waals surface area contributed by atoms with Crippen LogP contribution in [0.25, 0.3) is 10.9 Å². The molecule has 0 unspecified atom stereocenters. The van der Waals surface area contributed by atoms with Gasteiger partial charge in [-0.3, -0.25) is 10.1 Å². The number of rotatable bonds is 3. The van der Waals surface area contributed by atoms with Crippen LogP contribution in [-0.4, -0.2) is 17.0 Å². The average molecular weight is 247 g/mol. The SMILES string of the molecule is CCc1cc2cc([N+](=O)[O-])cc(OC)c2nc1N. The number of nitrogen functional groups attached to an aromatic ring is 1. The molecule has 0 amide bonds. The van der Waals surface area contributed by atoms with E-state index in [-0.39, 0.29) is 5.69 Å². The molecule has 0 spiro atoms. The van der Waals surface area contributed by atoms with Gasteiger partial charge in [0.05, 0.1) is 18.1 Å². The van der Waals surface area contributed by atoms with Crippen LogP contribution >= 0.6 is 0 Å². The van der Waals surface area contributed by atoms with Gasteiger partial charge in [-0.1, -0.05) is 6.92 Å². The van der Waals surface area contributed by atoms with E-state index in [1.54, 1.807) is 0 Å². The number of anilines is 1. The number of aryl methyl sites for hydroxylation is 1. The van der Waals surface area contributed by atoms with Gasteiger partial charge in [0.2, 0.25) is 0 Å². The van der Waals surface area contributed by atoms with Gasteiger partial charge >= 0.3 is 0 Å². The first-order valence-electron chi connectivity index (χ1n) is 5.48. The fraction of sp³-hybridized carbons (Fsp3) is 0.250. The van der Waals surface area contributed by atoms with Crippen molar-refractivity contribution in [3.8, 4) is 5.75 Å². The van der Waals surface area contributed by atoms with Crippen LogP contribution in [0.1, 0.15) is 12.5 Å². The topological polar surface area (TPSA) is 91.3 Å². The monoisotopic (exact) mass is 247 g/mol. The molecule has 1 aromatic heterocycles. The summed E-state index contributed by atoms with van der Waals surface area (Å²) in [5, 5.41) is 11.5. The van der Waals surface area contributed by atoms with Gasteiger partial charge in [-0.05, 0) is 18.1 Å². The number of non-ortho nitro benzene ring substituents is 1. The number of nitrogens with two attached hydrogens (primary N) is 1. The molecule has 6 nitrogen and oxygen atoms in total. The van der Waals surface area contributed by atoms with E-state index in [2.05, 4.69) is 4.98 Å². The molecule has 6 heteroatoms. The summed E-state index contributed by atoms with van der Waals surface area (Å²) in [5.74, 6) is 0.783. The number of hydrogen-bond donors (Lipinski definition) is 1. The van der Waals surface area contributed by atoms with E-state index in [0.29, 0.717) is 22.5 Å². The van der Waals surface area contributed by atoms with E-state index in [1.165, 1.54) is 19.2 Å². The highest BCUT2D eigenvalue weighted by atomic mass is 16.6. The number of nitrogens with zero attached hydrogens (tertiary/aromatic N) is 2. The molecule has 0 saturated heterocycles. The van der Waals surface area contributed by atoms with Crippen LogP contribution in [0.15, 0.2) is 18.2 Å². The Morgan fingerprint density at radius 2 is 2.17 bits per heavy atom. The van der Waals surface area contributed by atoms with Gasteiger partial charge in [0.25, 0.3) is 5.69 Å². The van der Waals surface area contributed by atoms with Crippen LogP contribution < -0.4 is 10.5 Å². The third-order valence-electron chi connectivity index (χ3n) is 2.79. The number of benzene rings is 1. The molecule has 0 aliphatic heterocycles. The third kappa shape index (κ3) is 1.92. The maximum atomic E-state index is 10.8. The predicted molar refractivity (Wildman–Crippen MR) is 68.7 cm³/mol.